The minimum absolute atomic E-state index is 0.183. The number of hydrogen-bond donors (Lipinski definition) is 1. The number of carbonyl (C=O) groups excluding carboxylic acids is 2. The van der Waals surface area contributed by atoms with E-state index in [9.17, 15) is 9.59 Å². The third kappa shape index (κ3) is 5.64. The fourth-order valence-corrected chi connectivity index (χ4v) is 2.66. The number of amides is 2. The number of nitrogens with zero attached hydrogens (tertiary/aromatic N) is 1. The van der Waals surface area contributed by atoms with Crippen molar-refractivity contribution >= 4 is 11.8 Å². The van der Waals surface area contributed by atoms with Gasteiger partial charge >= 0.3 is 0 Å². The average molecular weight is 386 g/mol. The van der Waals surface area contributed by atoms with Crippen LogP contribution in [0, 0.1) is 0 Å². The number of benzene rings is 2. The van der Waals surface area contributed by atoms with E-state index in [0.717, 1.165) is 5.56 Å². The summed E-state index contributed by atoms with van der Waals surface area (Å²) in [5.74, 6) is 1.39. The minimum Gasteiger partial charge on any atom is -0.497 e. The summed E-state index contributed by atoms with van der Waals surface area (Å²) in [6, 6.07) is 13.7. The molecule has 0 saturated carbocycles. The summed E-state index contributed by atoms with van der Waals surface area (Å²) in [7, 11) is 4.70. The Morgan fingerprint density at radius 3 is 2.25 bits per heavy atom. The predicted molar refractivity (Wildman–Crippen MR) is 106 cm³/mol. The van der Waals surface area contributed by atoms with Crippen molar-refractivity contribution in [3.63, 3.8) is 0 Å². The molecule has 0 spiro atoms. The molecule has 0 radical (unpaired) electrons. The molecule has 2 aromatic carbocycles. The van der Waals surface area contributed by atoms with Crippen LogP contribution in [0.5, 0.6) is 17.2 Å². The first-order valence-corrected chi connectivity index (χ1v) is 8.89. The van der Waals surface area contributed by atoms with Crippen LogP contribution in [0.4, 0.5) is 0 Å². The third-order valence-corrected chi connectivity index (χ3v) is 4.32. The molecule has 7 nitrogen and oxygen atoms in total. The smallest absolute Gasteiger partial charge is 0.261 e. The minimum atomic E-state index is -0.650. The maximum absolute atomic E-state index is 12.8. The van der Waals surface area contributed by atoms with Gasteiger partial charge in [0.15, 0.2) is 6.61 Å². The maximum Gasteiger partial charge on any atom is 0.261 e. The topological polar surface area (TPSA) is 77.1 Å². The Bertz CT molecular complexity index is 792. The molecular formula is C21H26N2O5. The van der Waals surface area contributed by atoms with E-state index in [2.05, 4.69) is 5.32 Å². The molecule has 2 aromatic rings. The molecule has 0 saturated heterocycles. The molecule has 0 aliphatic carbocycles. The molecule has 2 rings (SSSR count). The molecule has 2 amide bonds. The number of methoxy groups -OCH3 is 2. The lowest BCUT2D eigenvalue weighted by atomic mass is 10.1. The molecule has 0 aromatic heterocycles. The summed E-state index contributed by atoms with van der Waals surface area (Å²) in [5.41, 5.74) is 0.855. The Kier molecular flexibility index (Phi) is 7.68. The van der Waals surface area contributed by atoms with Crippen LogP contribution >= 0.6 is 0 Å². The Labute approximate surface area is 165 Å². The zero-order valence-corrected chi connectivity index (χ0v) is 16.6. The first-order chi connectivity index (χ1) is 13.5. The average Bonchev–Trinajstić information content (AvgIpc) is 2.75. The molecule has 0 aliphatic heterocycles. The van der Waals surface area contributed by atoms with Gasteiger partial charge in [0.05, 0.1) is 14.2 Å². The number of hydrogen-bond acceptors (Lipinski definition) is 5. The molecule has 150 valence electrons. The van der Waals surface area contributed by atoms with Gasteiger partial charge in [-0.05, 0) is 48.9 Å². The number of rotatable bonds is 9. The Hall–Kier alpha value is -3.22. The van der Waals surface area contributed by atoms with Crippen LogP contribution in [0.2, 0.25) is 0 Å². The van der Waals surface area contributed by atoms with Gasteiger partial charge in [0.1, 0.15) is 23.3 Å². The van der Waals surface area contributed by atoms with Crippen molar-refractivity contribution in [3.8, 4) is 17.2 Å². The quantitative estimate of drug-likeness (QED) is 0.715. The number of carbonyl (C=O) groups is 2. The molecule has 0 bridgehead atoms. The van der Waals surface area contributed by atoms with Crippen LogP contribution in [-0.4, -0.2) is 50.6 Å². The molecule has 1 atom stereocenters. The van der Waals surface area contributed by atoms with E-state index >= 15 is 0 Å². The lowest BCUT2D eigenvalue weighted by Gasteiger charge is -2.28. The second-order valence-electron chi connectivity index (χ2n) is 6.13. The lowest BCUT2D eigenvalue weighted by Crippen LogP contribution is -2.48. The van der Waals surface area contributed by atoms with Crippen LogP contribution < -0.4 is 19.5 Å². The fourth-order valence-electron chi connectivity index (χ4n) is 2.66. The van der Waals surface area contributed by atoms with Crippen molar-refractivity contribution in [1.82, 2.24) is 10.2 Å². The second-order valence-corrected chi connectivity index (χ2v) is 6.13. The molecule has 0 heterocycles. The first kappa shape index (κ1) is 21.1. The standard InChI is InChI=1S/C21H26N2O5/c1-15(21(25)22-2)23(13-16-6-5-7-19(12-16)27-4)20(24)14-28-18-10-8-17(26-3)9-11-18/h5-12,15H,13-14H2,1-4H3,(H,22,25). The monoisotopic (exact) mass is 386 g/mol. The first-order valence-electron chi connectivity index (χ1n) is 8.89. The highest BCUT2D eigenvalue weighted by Gasteiger charge is 2.26. The van der Waals surface area contributed by atoms with E-state index < -0.39 is 6.04 Å². The lowest BCUT2D eigenvalue weighted by molar-refractivity contribution is -0.142. The fraction of sp³-hybridized carbons (Fsp3) is 0.333. The number of likely N-dealkylation sites (N-methyl/N-ethyl adjacent to an activating group) is 1. The summed E-state index contributed by atoms with van der Waals surface area (Å²) in [6.07, 6.45) is 0. The molecule has 0 aliphatic rings. The van der Waals surface area contributed by atoms with Gasteiger partial charge in [-0.15, -0.1) is 0 Å². The molecule has 7 heteroatoms. The van der Waals surface area contributed by atoms with Gasteiger partial charge in [-0.2, -0.15) is 0 Å². The van der Waals surface area contributed by atoms with Gasteiger partial charge < -0.3 is 24.4 Å². The highest BCUT2D eigenvalue weighted by atomic mass is 16.5. The van der Waals surface area contributed by atoms with Gasteiger partial charge in [-0.25, -0.2) is 0 Å². The van der Waals surface area contributed by atoms with Crippen molar-refractivity contribution in [2.45, 2.75) is 19.5 Å². The molecule has 28 heavy (non-hydrogen) atoms. The summed E-state index contributed by atoms with van der Waals surface area (Å²) >= 11 is 0. The maximum atomic E-state index is 12.8. The summed E-state index contributed by atoms with van der Waals surface area (Å²) in [4.78, 5) is 26.4. The van der Waals surface area contributed by atoms with Crippen molar-refractivity contribution < 1.29 is 23.8 Å². The van der Waals surface area contributed by atoms with Gasteiger partial charge in [-0.3, -0.25) is 9.59 Å². The van der Waals surface area contributed by atoms with E-state index in [-0.39, 0.29) is 25.0 Å². The van der Waals surface area contributed by atoms with E-state index in [1.54, 1.807) is 52.5 Å². The SMILES string of the molecule is CNC(=O)C(C)N(Cc1cccc(OC)c1)C(=O)COc1ccc(OC)cc1. The zero-order valence-electron chi connectivity index (χ0n) is 16.6. The Balaban J connectivity index is 2.12. The van der Waals surface area contributed by atoms with E-state index in [0.29, 0.717) is 17.2 Å². The molecule has 1 N–H and O–H groups in total. The van der Waals surface area contributed by atoms with Gasteiger partial charge in [-0.1, -0.05) is 12.1 Å². The number of ether oxygens (including phenoxy) is 3. The normalized spacial score (nSPS) is 11.3. The van der Waals surface area contributed by atoms with Crippen molar-refractivity contribution in [1.29, 1.82) is 0 Å². The summed E-state index contributed by atoms with van der Waals surface area (Å²) < 4.78 is 15.9. The van der Waals surface area contributed by atoms with Crippen molar-refractivity contribution in [3.05, 3.63) is 54.1 Å². The largest absolute Gasteiger partial charge is 0.497 e. The van der Waals surface area contributed by atoms with E-state index in [1.807, 2.05) is 24.3 Å². The van der Waals surface area contributed by atoms with Gasteiger partial charge in [0, 0.05) is 13.6 Å². The highest BCUT2D eigenvalue weighted by Crippen LogP contribution is 2.18. The Morgan fingerprint density at radius 2 is 1.64 bits per heavy atom. The van der Waals surface area contributed by atoms with Crippen LogP contribution in [0.25, 0.3) is 0 Å². The summed E-state index contributed by atoms with van der Waals surface area (Å²) in [5, 5.41) is 2.58. The number of nitrogens with one attached hydrogen (secondary N) is 1. The zero-order chi connectivity index (χ0) is 20.5. The summed E-state index contributed by atoms with van der Waals surface area (Å²) in [6.45, 7) is 1.76. The van der Waals surface area contributed by atoms with Crippen LogP contribution in [-0.2, 0) is 16.1 Å². The molecule has 1 unspecified atom stereocenters. The van der Waals surface area contributed by atoms with Crippen molar-refractivity contribution in [2.75, 3.05) is 27.9 Å². The van der Waals surface area contributed by atoms with E-state index in [4.69, 9.17) is 14.2 Å². The molecule has 0 fully saturated rings. The van der Waals surface area contributed by atoms with Crippen LogP contribution in [0.1, 0.15) is 12.5 Å². The second kappa shape index (κ2) is 10.2. The van der Waals surface area contributed by atoms with Gasteiger partial charge in [0.25, 0.3) is 5.91 Å². The highest BCUT2D eigenvalue weighted by molar-refractivity contribution is 5.87. The third-order valence-electron chi connectivity index (χ3n) is 4.32. The Morgan fingerprint density at radius 1 is 1.00 bits per heavy atom. The van der Waals surface area contributed by atoms with E-state index in [1.165, 1.54) is 4.90 Å². The van der Waals surface area contributed by atoms with Gasteiger partial charge in [0.2, 0.25) is 5.91 Å². The van der Waals surface area contributed by atoms with Crippen molar-refractivity contribution in [2.24, 2.45) is 0 Å². The van der Waals surface area contributed by atoms with Crippen LogP contribution in [0.15, 0.2) is 48.5 Å². The van der Waals surface area contributed by atoms with Crippen LogP contribution in [0.3, 0.4) is 0 Å². The predicted octanol–water partition coefficient (Wildman–Crippen LogP) is 2.25. The molecular weight excluding hydrogens is 360 g/mol.